The number of nitrogens with zero attached hydrogens (tertiary/aromatic N) is 1. The Kier molecular flexibility index (Phi) is 13.0. The third-order valence-corrected chi connectivity index (χ3v) is 6.35. The Morgan fingerprint density at radius 1 is 0.789 bits per heavy atom. The zero-order valence-corrected chi connectivity index (χ0v) is 21.8. The van der Waals surface area contributed by atoms with Gasteiger partial charge >= 0.3 is 0 Å². The minimum absolute atomic E-state index is 0.107. The predicted octanol–water partition coefficient (Wildman–Crippen LogP) is -0.145. The van der Waals surface area contributed by atoms with E-state index >= 15 is 0 Å². The highest BCUT2D eigenvalue weighted by Gasteiger charge is 2.47. The summed E-state index contributed by atoms with van der Waals surface area (Å²) >= 11 is 0. The standard InChI is InChI=1S/C26H39N3O9/c27-7-9-35-11-13-37-15-17-38-16-14-36-12-10-34-8-1-2-19-3-4-20-21(18-19)26(33)29(25(20)32)22-5-6-23(30)28-24(22)31/h4,18-19,22H,1-3,5-17,27H2,(H,28,30,31). The molecule has 3 aliphatic rings. The van der Waals surface area contributed by atoms with E-state index in [-0.39, 0.29) is 24.7 Å². The van der Waals surface area contributed by atoms with Gasteiger partial charge in [0.15, 0.2) is 0 Å². The number of likely N-dealkylation sites (tertiary alicyclic amines) is 1. The molecule has 0 aromatic carbocycles. The number of fused-ring (bicyclic) bond motifs is 1. The lowest BCUT2D eigenvalue weighted by Crippen LogP contribution is -2.54. The molecule has 38 heavy (non-hydrogen) atoms. The molecule has 2 unspecified atom stereocenters. The van der Waals surface area contributed by atoms with Crippen LogP contribution < -0.4 is 11.1 Å². The second-order valence-corrected chi connectivity index (χ2v) is 9.13. The van der Waals surface area contributed by atoms with E-state index in [0.717, 1.165) is 17.7 Å². The van der Waals surface area contributed by atoms with E-state index in [1.165, 1.54) is 0 Å². The van der Waals surface area contributed by atoms with Gasteiger partial charge in [0.05, 0.1) is 59.5 Å². The summed E-state index contributed by atoms with van der Waals surface area (Å²) in [6, 6.07) is -0.938. The van der Waals surface area contributed by atoms with E-state index in [4.69, 9.17) is 29.4 Å². The lowest BCUT2D eigenvalue weighted by atomic mass is 9.89. The molecule has 2 heterocycles. The zero-order valence-electron chi connectivity index (χ0n) is 21.8. The lowest BCUT2D eigenvalue weighted by Gasteiger charge is -2.27. The molecule has 0 bridgehead atoms. The van der Waals surface area contributed by atoms with Gasteiger partial charge < -0.3 is 29.4 Å². The molecule has 2 aliphatic heterocycles. The van der Waals surface area contributed by atoms with Crippen molar-refractivity contribution < 1.29 is 42.9 Å². The van der Waals surface area contributed by atoms with E-state index in [1.54, 1.807) is 6.08 Å². The minimum atomic E-state index is -0.938. The molecule has 212 valence electrons. The molecule has 0 aromatic heterocycles. The Morgan fingerprint density at radius 3 is 1.92 bits per heavy atom. The van der Waals surface area contributed by atoms with Crippen LogP contribution in [0.25, 0.3) is 0 Å². The summed E-state index contributed by atoms with van der Waals surface area (Å²) in [5.74, 6) is -1.79. The molecular formula is C26H39N3O9. The highest BCUT2D eigenvalue weighted by Crippen LogP contribution is 2.35. The summed E-state index contributed by atoms with van der Waals surface area (Å²) in [6.07, 6.45) is 6.15. The predicted molar refractivity (Wildman–Crippen MR) is 135 cm³/mol. The van der Waals surface area contributed by atoms with Crippen molar-refractivity contribution in [3.63, 3.8) is 0 Å². The van der Waals surface area contributed by atoms with Gasteiger partial charge in [-0.3, -0.25) is 29.4 Å². The number of hydrogen-bond acceptors (Lipinski definition) is 10. The van der Waals surface area contributed by atoms with E-state index in [0.29, 0.717) is 90.2 Å². The highest BCUT2D eigenvalue weighted by molar-refractivity contribution is 6.26. The van der Waals surface area contributed by atoms with Crippen molar-refractivity contribution in [3.8, 4) is 0 Å². The second kappa shape index (κ2) is 16.5. The topological polar surface area (TPSA) is 156 Å². The number of carbonyl (C=O) groups excluding carboxylic acids is 4. The Balaban J connectivity index is 1.21. The molecule has 2 saturated heterocycles. The minimum Gasteiger partial charge on any atom is -0.379 e. The smallest absolute Gasteiger partial charge is 0.261 e. The van der Waals surface area contributed by atoms with Crippen molar-refractivity contribution in [2.24, 2.45) is 11.7 Å². The molecule has 0 saturated carbocycles. The average Bonchev–Trinajstić information content (AvgIpc) is 3.15. The van der Waals surface area contributed by atoms with Crippen LogP contribution in [0.4, 0.5) is 0 Å². The Morgan fingerprint density at radius 2 is 1.34 bits per heavy atom. The molecule has 3 N–H and O–H groups in total. The molecule has 12 nitrogen and oxygen atoms in total. The lowest BCUT2D eigenvalue weighted by molar-refractivity contribution is -0.149. The molecular weight excluding hydrogens is 498 g/mol. The van der Waals surface area contributed by atoms with Gasteiger partial charge in [0.2, 0.25) is 11.8 Å². The van der Waals surface area contributed by atoms with Crippen LogP contribution in [-0.4, -0.2) is 107 Å². The summed E-state index contributed by atoms with van der Waals surface area (Å²) in [6.45, 7) is 5.60. The van der Waals surface area contributed by atoms with Crippen LogP contribution in [0, 0.1) is 5.92 Å². The Hall–Kier alpha value is -2.48. The summed E-state index contributed by atoms with van der Waals surface area (Å²) < 4.78 is 27.1. The number of amides is 4. The van der Waals surface area contributed by atoms with E-state index < -0.39 is 23.8 Å². The quantitative estimate of drug-likeness (QED) is 0.168. The fourth-order valence-electron chi connectivity index (χ4n) is 4.44. The fraction of sp³-hybridized carbons (Fsp3) is 0.692. The molecule has 2 fully saturated rings. The molecule has 0 spiro atoms. The monoisotopic (exact) mass is 537 g/mol. The first kappa shape index (κ1) is 30.1. The molecule has 0 radical (unpaired) electrons. The normalized spacial score (nSPS) is 21.4. The van der Waals surface area contributed by atoms with Crippen LogP contribution in [-0.2, 0) is 42.9 Å². The van der Waals surface area contributed by atoms with Gasteiger partial charge in [0, 0.05) is 30.7 Å². The maximum atomic E-state index is 12.9. The van der Waals surface area contributed by atoms with Crippen LogP contribution >= 0.6 is 0 Å². The van der Waals surface area contributed by atoms with Gasteiger partial charge in [0.1, 0.15) is 6.04 Å². The SMILES string of the molecule is NCCOCCOCCOCCOCCOCCCC1C=C2C(=O)N(C3CCC(=O)NC3=O)C(=O)C2=CC1. The van der Waals surface area contributed by atoms with Gasteiger partial charge in [-0.15, -0.1) is 0 Å². The number of imide groups is 2. The van der Waals surface area contributed by atoms with Gasteiger partial charge in [-0.1, -0.05) is 12.2 Å². The Bertz CT molecular complexity index is 889. The maximum Gasteiger partial charge on any atom is 0.261 e. The number of ether oxygens (including phenoxy) is 5. The van der Waals surface area contributed by atoms with Crippen molar-refractivity contribution >= 4 is 23.6 Å². The number of allylic oxidation sites excluding steroid dienone is 2. The van der Waals surface area contributed by atoms with Crippen LogP contribution in [0.15, 0.2) is 23.3 Å². The molecule has 3 rings (SSSR count). The first-order valence-electron chi connectivity index (χ1n) is 13.3. The number of piperidine rings is 1. The molecule has 0 aromatic rings. The van der Waals surface area contributed by atoms with Crippen molar-refractivity contribution in [1.82, 2.24) is 10.2 Å². The summed E-state index contributed by atoms with van der Waals surface area (Å²) in [5.41, 5.74) is 6.04. The first-order valence-corrected chi connectivity index (χ1v) is 13.3. The van der Waals surface area contributed by atoms with E-state index in [2.05, 4.69) is 5.32 Å². The number of nitrogens with one attached hydrogen (secondary N) is 1. The van der Waals surface area contributed by atoms with Crippen molar-refractivity contribution in [1.29, 1.82) is 0 Å². The number of nitrogens with two attached hydrogens (primary N) is 1. The molecule has 4 amide bonds. The summed E-state index contributed by atoms with van der Waals surface area (Å²) in [4.78, 5) is 50.3. The third-order valence-electron chi connectivity index (χ3n) is 6.35. The number of hydrogen-bond donors (Lipinski definition) is 2. The van der Waals surface area contributed by atoms with Crippen LogP contribution in [0.5, 0.6) is 0 Å². The van der Waals surface area contributed by atoms with Gasteiger partial charge in [-0.25, -0.2) is 0 Å². The van der Waals surface area contributed by atoms with Crippen LogP contribution in [0.2, 0.25) is 0 Å². The second-order valence-electron chi connectivity index (χ2n) is 9.13. The molecule has 12 heteroatoms. The van der Waals surface area contributed by atoms with Crippen molar-refractivity contribution in [2.75, 3.05) is 72.6 Å². The van der Waals surface area contributed by atoms with E-state index in [1.807, 2.05) is 6.08 Å². The third kappa shape index (κ3) is 9.07. The summed E-state index contributed by atoms with van der Waals surface area (Å²) in [7, 11) is 0. The van der Waals surface area contributed by atoms with Gasteiger partial charge in [0.25, 0.3) is 11.8 Å². The maximum absolute atomic E-state index is 12.9. The summed E-state index contributed by atoms with van der Waals surface area (Å²) in [5, 5.41) is 2.21. The highest BCUT2D eigenvalue weighted by atomic mass is 16.6. The zero-order chi connectivity index (χ0) is 27.2. The van der Waals surface area contributed by atoms with Gasteiger partial charge in [-0.2, -0.15) is 0 Å². The molecule has 1 aliphatic carbocycles. The van der Waals surface area contributed by atoms with Crippen LogP contribution in [0.1, 0.15) is 32.1 Å². The number of carbonyl (C=O) groups is 4. The average molecular weight is 538 g/mol. The van der Waals surface area contributed by atoms with E-state index in [9.17, 15) is 19.2 Å². The number of rotatable bonds is 19. The first-order chi connectivity index (χ1) is 18.5. The van der Waals surface area contributed by atoms with Crippen molar-refractivity contribution in [3.05, 3.63) is 23.3 Å². The fourth-order valence-corrected chi connectivity index (χ4v) is 4.44. The van der Waals surface area contributed by atoms with Crippen LogP contribution in [0.3, 0.4) is 0 Å². The van der Waals surface area contributed by atoms with Gasteiger partial charge in [-0.05, 0) is 31.6 Å². The van der Waals surface area contributed by atoms with Crippen molar-refractivity contribution in [2.45, 2.75) is 38.1 Å². The largest absolute Gasteiger partial charge is 0.379 e. The Labute approximate surface area is 222 Å². The molecule has 2 atom stereocenters.